The molecule has 2 rings (SSSR count). The maximum atomic E-state index is 7.69. The SMILES string of the molecule is CCN(CC1CC1)c1c(C(=N)N)c(C)nn1C. The number of nitrogens with two attached hydrogens (primary N) is 1. The Balaban J connectivity index is 2.36. The number of aromatic nitrogens is 2. The molecule has 1 fully saturated rings. The van der Waals surface area contributed by atoms with Crippen LogP contribution in [0.5, 0.6) is 0 Å². The van der Waals surface area contributed by atoms with Crippen LogP contribution in [0.25, 0.3) is 0 Å². The van der Waals surface area contributed by atoms with Crippen LogP contribution in [0.1, 0.15) is 31.0 Å². The molecule has 0 aliphatic heterocycles. The summed E-state index contributed by atoms with van der Waals surface area (Å²) in [6, 6.07) is 0. The highest BCUT2D eigenvalue weighted by Gasteiger charge is 2.27. The highest BCUT2D eigenvalue weighted by atomic mass is 15.4. The molecule has 0 amide bonds. The van der Waals surface area contributed by atoms with E-state index in [9.17, 15) is 0 Å². The molecule has 5 nitrogen and oxygen atoms in total. The zero-order valence-corrected chi connectivity index (χ0v) is 10.8. The van der Waals surface area contributed by atoms with Crippen LogP contribution < -0.4 is 10.6 Å². The lowest BCUT2D eigenvalue weighted by Crippen LogP contribution is -2.29. The van der Waals surface area contributed by atoms with Crippen molar-refractivity contribution < 1.29 is 0 Å². The fourth-order valence-corrected chi connectivity index (χ4v) is 2.30. The van der Waals surface area contributed by atoms with Crippen molar-refractivity contribution in [1.82, 2.24) is 9.78 Å². The van der Waals surface area contributed by atoms with Crippen LogP contribution in [-0.4, -0.2) is 28.7 Å². The van der Waals surface area contributed by atoms with Gasteiger partial charge in [-0.05, 0) is 32.6 Å². The number of aryl methyl sites for hydroxylation is 2. The molecule has 0 unspecified atom stereocenters. The Kier molecular flexibility index (Phi) is 3.09. The Bertz CT molecular complexity index is 430. The number of amidine groups is 1. The predicted octanol–water partition coefficient (Wildman–Crippen LogP) is 1.25. The van der Waals surface area contributed by atoms with E-state index >= 15 is 0 Å². The number of nitrogens with one attached hydrogen (secondary N) is 1. The molecule has 1 aliphatic carbocycles. The highest BCUT2D eigenvalue weighted by molar-refractivity contribution is 6.00. The smallest absolute Gasteiger partial charge is 0.137 e. The monoisotopic (exact) mass is 235 g/mol. The van der Waals surface area contributed by atoms with E-state index in [1.54, 1.807) is 0 Å². The van der Waals surface area contributed by atoms with Crippen molar-refractivity contribution in [2.45, 2.75) is 26.7 Å². The van der Waals surface area contributed by atoms with Gasteiger partial charge in [-0.25, -0.2) is 0 Å². The van der Waals surface area contributed by atoms with E-state index in [1.165, 1.54) is 12.8 Å². The van der Waals surface area contributed by atoms with Crippen LogP contribution in [0, 0.1) is 18.3 Å². The number of hydrogen-bond donors (Lipinski definition) is 2. The van der Waals surface area contributed by atoms with Gasteiger partial charge < -0.3 is 10.6 Å². The van der Waals surface area contributed by atoms with Gasteiger partial charge in [0.1, 0.15) is 11.7 Å². The summed E-state index contributed by atoms with van der Waals surface area (Å²) in [7, 11) is 1.92. The van der Waals surface area contributed by atoms with Gasteiger partial charge in [-0.2, -0.15) is 5.10 Å². The topological polar surface area (TPSA) is 70.9 Å². The van der Waals surface area contributed by atoms with Gasteiger partial charge in [0.25, 0.3) is 0 Å². The Morgan fingerprint density at radius 2 is 2.24 bits per heavy atom. The first-order valence-electron chi connectivity index (χ1n) is 6.17. The van der Waals surface area contributed by atoms with Gasteiger partial charge in [0.15, 0.2) is 0 Å². The van der Waals surface area contributed by atoms with E-state index in [-0.39, 0.29) is 5.84 Å². The Morgan fingerprint density at radius 3 is 2.71 bits per heavy atom. The van der Waals surface area contributed by atoms with Gasteiger partial charge in [0.2, 0.25) is 0 Å². The number of nitrogens with zero attached hydrogens (tertiary/aromatic N) is 3. The molecule has 0 atom stereocenters. The molecule has 1 saturated carbocycles. The zero-order valence-electron chi connectivity index (χ0n) is 10.8. The molecule has 0 saturated heterocycles. The summed E-state index contributed by atoms with van der Waals surface area (Å²) in [6.07, 6.45) is 2.64. The standard InChI is InChI=1S/C12H21N5/c1-4-17(7-9-5-6-9)12-10(11(13)14)8(2)15-16(12)3/h9H,4-7H2,1-3H3,(H3,13,14). The number of nitrogen functional groups attached to an aromatic ring is 1. The van der Waals surface area contributed by atoms with E-state index in [4.69, 9.17) is 11.1 Å². The largest absolute Gasteiger partial charge is 0.384 e. The normalized spacial score (nSPS) is 15.0. The van der Waals surface area contributed by atoms with Crippen molar-refractivity contribution in [3.63, 3.8) is 0 Å². The zero-order chi connectivity index (χ0) is 12.6. The average molecular weight is 235 g/mol. The number of hydrogen-bond acceptors (Lipinski definition) is 3. The quantitative estimate of drug-likeness (QED) is 0.596. The fourth-order valence-electron chi connectivity index (χ4n) is 2.30. The van der Waals surface area contributed by atoms with E-state index in [0.717, 1.165) is 36.1 Å². The molecular formula is C12H21N5. The molecule has 1 aliphatic rings. The third kappa shape index (κ3) is 2.28. The van der Waals surface area contributed by atoms with E-state index in [2.05, 4.69) is 16.9 Å². The average Bonchev–Trinajstić information content (AvgIpc) is 3.00. The van der Waals surface area contributed by atoms with Gasteiger partial charge in [0, 0.05) is 20.1 Å². The molecule has 94 valence electrons. The van der Waals surface area contributed by atoms with Crippen molar-refractivity contribution in [2.24, 2.45) is 18.7 Å². The number of anilines is 1. The summed E-state index contributed by atoms with van der Waals surface area (Å²) < 4.78 is 1.85. The lowest BCUT2D eigenvalue weighted by molar-refractivity contribution is 0.677. The third-order valence-corrected chi connectivity index (χ3v) is 3.32. The summed E-state index contributed by atoms with van der Waals surface area (Å²) in [4.78, 5) is 2.29. The number of rotatable bonds is 5. The van der Waals surface area contributed by atoms with Crippen molar-refractivity contribution in [3.05, 3.63) is 11.3 Å². The molecule has 0 radical (unpaired) electrons. The maximum Gasteiger partial charge on any atom is 0.137 e. The summed E-state index contributed by atoms with van der Waals surface area (Å²) in [5, 5.41) is 12.1. The Morgan fingerprint density at radius 1 is 1.59 bits per heavy atom. The summed E-state index contributed by atoms with van der Waals surface area (Å²) in [5.41, 5.74) is 7.30. The molecule has 0 bridgehead atoms. The summed E-state index contributed by atoms with van der Waals surface area (Å²) in [5.74, 6) is 1.91. The molecule has 0 aromatic carbocycles. The van der Waals surface area contributed by atoms with Crippen LogP contribution in [-0.2, 0) is 7.05 Å². The second-order valence-electron chi connectivity index (χ2n) is 4.80. The van der Waals surface area contributed by atoms with E-state index in [1.807, 2.05) is 18.7 Å². The van der Waals surface area contributed by atoms with Crippen LogP contribution >= 0.6 is 0 Å². The Hall–Kier alpha value is -1.52. The second-order valence-corrected chi connectivity index (χ2v) is 4.80. The van der Waals surface area contributed by atoms with Gasteiger partial charge >= 0.3 is 0 Å². The highest BCUT2D eigenvalue weighted by Crippen LogP contribution is 2.32. The minimum absolute atomic E-state index is 0.111. The summed E-state index contributed by atoms with van der Waals surface area (Å²) >= 11 is 0. The molecule has 0 spiro atoms. The molecule has 1 heterocycles. The van der Waals surface area contributed by atoms with Crippen LogP contribution in [0.4, 0.5) is 5.82 Å². The first kappa shape index (κ1) is 12.0. The van der Waals surface area contributed by atoms with Crippen molar-refractivity contribution in [1.29, 1.82) is 5.41 Å². The van der Waals surface area contributed by atoms with Crippen molar-refractivity contribution in [3.8, 4) is 0 Å². The minimum Gasteiger partial charge on any atom is -0.384 e. The van der Waals surface area contributed by atoms with Crippen LogP contribution in [0.15, 0.2) is 0 Å². The van der Waals surface area contributed by atoms with Gasteiger partial charge in [-0.1, -0.05) is 0 Å². The summed E-state index contributed by atoms with van der Waals surface area (Å²) in [6.45, 7) is 6.02. The van der Waals surface area contributed by atoms with Gasteiger partial charge in [0.05, 0.1) is 11.3 Å². The molecule has 5 heteroatoms. The van der Waals surface area contributed by atoms with Crippen molar-refractivity contribution >= 4 is 11.7 Å². The Labute approximate surface area is 102 Å². The van der Waals surface area contributed by atoms with E-state index in [0.29, 0.717) is 0 Å². The minimum atomic E-state index is 0.111. The molecular weight excluding hydrogens is 214 g/mol. The fraction of sp³-hybridized carbons (Fsp3) is 0.667. The first-order valence-corrected chi connectivity index (χ1v) is 6.17. The van der Waals surface area contributed by atoms with E-state index < -0.39 is 0 Å². The van der Waals surface area contributed by atoms with Crippen molar-refractivity contribution in [2.75, 3.05) is 18.0 Å². The lowest BCUT2D eigenvalue weighted by atomic mass is 10.2. The lowest BCUT2D eigenvalue weighted by Gasteiger charge is -2.24. The van der Waals surface area contributed by atoms with Crippen LogP contribution in [0.2, 0.25) is 0 Å². The first-order chi connectivity index (χ1) is 8.04. The van der Waals surface area contributed by atoms with Gasteiger partial charge in [-0.3, -0.25) is 10.1 Å². The molecule has 3 N–H and O–H groups in total. The maximum absolute atomic E-state index is 7.69. The third-order valence-electron chi connectivity index (χ3n) is 3.32. The molecule has 17 heavy (non-hydrogen) atoms. The second kappa shape index (κ2) is 4.39. The molecule has 1 aromatic rings. The van der Waals surface area contributed by atoms with Gasteiger partial charge in [-0.15, -0.1) is 0 Å². The molecule has 1 aromatic heterocycles. The van der Waals surface area contributed by atoms with Crippen LogP contribution in [0.3, 0.4) is 0 Å². The predicted molar refractivity (Wildman–Crippen MR) is 69.6 cm³/mol.